The second-order valence-electron chi connectivity index (χ2n) is 11.6. The molecule has 4 amide bonds. The van der Waals surface area contributed by atoms with Crippen molar-refractivity contribution in [2.24, 2.45) is 0 Å². The van der Waals surface area contributed by atoms with Crippen LogP contribution in [0.15, 0.2) is 109 Å². The van der Waals surface area contributed by atoms with Gasteiger partial charge in [-0.15, -0.1) is 0 Å². The van der Waals surface area contributed by atoms with Crippen molar-refractivity contribution >= 4 is 47.5 Å². The van der Waals surface area contributed by atoms with Gasteiger partial charge in [-0.1, -0.05) is 97.1 Å². The lowest BCUT2D eigenvalue weighted by atomic mass is 10.0. The fourth-order valence-electron chi connectivity index (χ4n) is 5.36. The molecule has 6 rings (SSSR count). The van der Waals surface area contributed by atoms with E-state index in [0.717, 1.165) is 22.3 Å². The van der Waals surface area contributed by atoms with E-state index in [-0.39, 0.29) is 25.0 Å². The van der Waals surface area contributed by atoms with Crippen molar-refractivity contribution in [3.63, 3.8) is 0 Å². The molecule has 2 aliphatic heterocycles. The number of likely N-dealkylation sites (tertiary alicyclic amines) is 2. The van der Waals surface area contributed by atoms with Gasteiger partial charge in [0.05, 0.1) is 0 Å². The number of carbonyl (C=O) groups excluding carboxylic acids is 4. The molecule has 2 heterocycles. The first kappa shape index (κ1) is 32.1. The summed E-state index contributed by atoms with van der Waals surface area (Å²) in [6.45, 7) is 1.28. The number of nitrogens with one attached hydrogen (secondary N) is 2. The first-order valence-electron chi connectivity index (χ1n) is 15.9. The first-order chi connectivity index (χ1) is 23.4. The van der Waals surface area contributed by atoms with Crippen LogP contribution in [0.25, 0.3) is 12.2 Å². The van der Waals surface area contributed by atoms with Crippen LogP contribution in [0, 0.1) is 0 Å². The molecule has 0 saturated carbocycles. The van der Waals surface area contributed by atoms with E-state index in [4.69, 9.17) is 9.47 Å². The minimum Gasteiger partial charge on any atom is -0.445 e. The summed E-state index contributed by atoms with van der Waals surface area (Å²) in [5, 5.41) is 5.78. The van der Waals surface area contributed by atoms with E-state index in [2.05, 4.69) is 10.6 Å². The van der Waals surface area contributed by atoms with Crippen molar-refractivity contribution in [1.82, 2.24) is 9.80 Å². The van der Waals surface area contributed by atoms with Crippen LogP contribution in [-0.2, 0) is 32.3 Å². The fourth-order valence-corrected chi connectivity index (χ4v) is 5.36. The topological polar surface area (TPSA) is 117 Å². The number of ether oxygens (including phenoxy) is 2. The molecule has 2 aliphatic rings. The van der Waals surface area contributed by atoms with Gasteiger partial charge < -0.3 is 20.1 Å². The van der Waals surface area contributed by atoms with Gasteiger partial charge in [-0.05, 0) is 59.4 Å². The number of hydrogen-bond acceptors (Lipinski definition) is 6. The Morgan fingerprint density at radius 3 is 1.27 bits per heavy atom. The van der Waals surface area contributed by atoms with Crippen LogP contribution in [0.3, 0.4) is 0 Å². The van der Waals surface area contributed by atoms with Gasteiger partial charge in [0.2, 0.25) is 11.8 Å². The molecule has 0 aromatic heterocycles. The van der Waals surface area contributed by atoms with Crippen molar-refractivity contribution in [3.8, 4) is 0 Å². The zero-order valence-electron chi connectivity index (χ0n) is 26.3. The van der Waals surface area contributed by atoms with Crippen molar-refractivity contribution in [2.75, 3.05) is 23.7 Å². The van der Waals surface area contributed by atoms with E-state index in [1.54, 1.807) is 0 Å². The molecule has 244 valence electrons. The van der Waals surface area contributed by atoms with Gasteiger partial charge in [-0.2, -0.15) is 0 Å². The van der Waals surface area contributed by atoms with Crippen LogP contribution in [0.2, 0.25) is 0 Å². The maximum Gasteiger partial charge on any atom is 0.410 e. The molecule has 2 atom stereocenters. The second-order valence-corrected chi connectivity index (χ2v) is 11.6. The Morgan fingerprint density at radius 2 is 0.938 bits per heavy atom. The number of benzene rings is 4. The molecule has 0 radical (unpaired) electrons. The van der Waals surface area contributed by atoms with E-state index < -0.39 is 24.3 Å². The average molecular weight is 645 g/mol. The highest BCUT2D eigenvalue weighted by Crippen LogP contribution is 2.23. The molecule has 0 spiro atoms. The average Bonchev–Trinajstić information content (AvgIpc) is 3.06. The number of amides is 4. The van der Waals surface area contributed by atoms with Crippen LogP contribution in [-0.4, -0.2) is 59.0 Å². The second kappa shape index (κ2) is 15.1. The Labute approximate surface area is 279 Å². The third-order valence-electron chi connectivity index (χ3n) is 8.35. The van der Waals surface area contributed by atoms with E-state index in [0.29, 0.717) is 37.3 Å². The van der Waals surface area contributed by atoms with E-state index in [1.165, 1.54) is 9.80 Å². The maximum absolute atomic E-state index is 12.8. The van der Waals surface area contributed by atoms with E-state index in [1.807, 2.05) is 121 Å². The van der Waals surface area contributed by atoms with Crippen LogP contribution >= 0.6 is 0 Å². The summed E-state index contributed by atoms with van der Waals surface area (Å²) >= 11 is 0. The summed E-state index contributed by atoms with van der Waals surface area (Å²) in [4.78, 5) is 53.5. The standard InChI is InChI=1S/C38H36N4O6/c43-35(33-21-23-41(33)37(45)47-25-29-7-3-1-4-8-29)39-31-17-13-27(14-18-31)11-12-28-15-19-32(20-16-28)40-36(44)34-22-24-42(34)38(46)48-26-30-9-5-2-6-10-30/h1-20,33-34H,21-26H2,(H,39,43)(H,40,44)/b12-11+/t33-,34-/m0/s1. The van der Waals surface area contributed by atoms with Crippen molar-refractivity contribution in [2.45, 2.75) is 38.1 Å². The van der Waals surface area contributed by atoms with E-state index in [9.17, 15) is 19.2 Å². The number of nitrogens with zero attached hydrogens (tertiary/aromatic N) is 2. The first-order valence-corrected chi connectivity index (χ1v) is 15.9. The van der Waals surface area contributed by atoms with Gasteiger partial charge in [0.1, 0.15) is 25.3 Å². The van der Waals surface area contributed by atoms with E-state index >= 15 is 0 Å². The Balaban J connectivity index is 0.936. The largest absolute Gasteiger partial charge is 0.445 e. The van der Waals surface area contributed by atoms with Crippen LogP contribution in [0.1, 0.15) is 35.1 Å². The molecule has 10 nitrogen and oxygen atoms in total. The highest BCUT2D eigenvalue weighted by molar-refractivity contribution is 5.98. The minimum atomic E-state index is -0.560. The molecule has 4 aromatic carbocycles. The number of hydrogen-bond donors (Lipinski definition) is 2. The minimum absolute atomic E-state index is 0.162. The summed E-state index contributed by atoms with van der Waals surface area (Å²) in [6, 6.07) is 32.5. The number of anilines is 2. The fraction of sp³-hybridized carbons (Fsp3) is 0.211. The molecular formula is C38H36N4O6. The molecule has 0 aliphatic carbocycles. The van der Waals surface area contributed by atoms with Gasteiger partial charge in [0, 0.05) is 24.5 Å². The van der Waals surface area contributed by atoms with Crippen molar-refractivity contribution in [1.29, 1.82) is 0 Å². The van der Waals surface area contributed by atoms with Gasteiger partial charge in [0.25, 0.3) is 0 Å². The van der Waals surface area contributed by atoms with Crippen molar-refractivity contribution < 1.29 is 28.7 Å². The summed E-state index contributed by atoms with van der Waals surface area (Å²) in [6.07, 6.45) is 4.06. The zero-order valence-corrected chi connectivity index (χ0v) is 26.3. The molecule has 2 saturated heterocycles. The number of carbonyl (C=O) groups is 4. The monoisotopic (exact) mass is 644 g/mol. The Bertz CT molecular complexity index is 1630. The van der Waals surface area contributed by atoms with Gasteiger partial charge in [-0.25, -0.2) is 9.59 Å². The molecule has 0 unspecified atom stereocenters. The predicted molar refractivity (Wildman–Crippen MR) is 183 cm³/mol. The Hall–Kier alpha value is -5.90. The molecule has 2 N–H and O–H groups in total. The summed E-state index contributed by atoms with van der Waals surface area (Å²) in [5.74, 6) is -0.497. The predicted octanol–water partition coefficient (Wildman–Crippen LogP) is 6.56. The Kier molecular flexibility index (Phi) is 10.1. The summed E-state index contributed by atoms with van der Waals surface area (Å²) < 4.78 is 10.8. The highest BCUT2D eigenvalue weighted by atomic mass is 16.6. The van der Waals surface area contributed by atoms with Gasteiger partial charge in [0.15, 0.2) is 0 Å². The van der Waals surface area contributed by atoms with Crippen LogP contribution in [0.4, 0.5) is 21.0 Å². The zero-order chi connectivity index (χ0) is 33.3. The van der Waals surface area contributed by atoms with Crippen LogP contribution < -0.4 is 10.6 Å². The lowest BCUT2D eigenvalue weighted by molar-refractivity contribution is -0.125. The molecule has 4 aromatic rings. The quantitative estimate of drug-likeness (QED) is 0.189. The maximum atomic E-state index is 12.8. The molecule has 48 heavy (non-hydrogen) atoms. The third-order valence-corrected chi connectivity index (χ3v) is 8.35. The SMILES string of the molecule is O=C(Nc1ccc(/C=C/c2ccc(NC(=O)[C@@H]3CCN3C(=O)OCc3ccccc3)cc2)cc1)[C@@H]1CCN1C(=O)OCc1ccccc1. The molecule has 2 fully saturated rings. The van der Waals surface area contributed by atoms with Crippen LogP contribution in [0.5, 0.6) is 0 Å². The normalized spacial score (nSPS) is 16.8. The van der Waals surface area contributed by atoms with Gasteiger partial charge >= 0.3 is 12.2 Å². The smallest absolute Gasteiger partial charge is 0.410 e. The lowest BCUT2D eigenvalue weighted by Crippen LogP contribution is -2.56. The molecule has 0 bridgehead atoms. The summed E-state index contributed by atoms with van der Waals surface area (Å²) in [7, 11) is 0. The Morgan fingerprint density at radius 1 is 0.562 bits per heavy atom. The summed E-state index contributed by atoms with van der Waals surface area (Å²) in [5.41, 5.74) is 4.92. The highest BCUT2D eigenvalue weighted by Gasteiger charge is 2.39. The van der Waals surface area contributed by atoms with Crippen molar-refractivity contribution in [3.05, 3.63) is 131 Å². The molecular weight excluding hydrogens is 608 g/mol. The number of rotatable bonds is 10. The van der Waals surface area contributed by atoms with Gasteiger partial charge in [-0.3, -0.25) is 19.4 Å². The molecule has 10 heteroatoms. The lowest BCUT2D eigenvalue weighted by Gasteiger charge is -2.38. The third kappa shape index (κ3) is 8.08.